The van der Waals surface area contributed by atoms with Crippen molar-refractivity contribution in [3.63, 3.8) is 0 Å². The number of ether oxygens (including phenoxy) is 1. The SMILES string of the molecule is C=CC1=C(\C)C/C=c2\[nH]/c(c(CCC(=O)O)c2C)=C\C2N/C(=C\c3[nH]c(c(C)c3C=C)\C=C\1N)C(C)=C2CCCOC.CC. The normalized spacial score (nSPS) is 22.0. The second-order valence-electron chi connectivity index (χ2n) is 11.1. The molecule has 2 aromatic rings. The smallest absolute Gasteiger partial charge is 0.303 e. The van der Waals surface area contributed by atoms with Crippen LogP contribution >= 0.6 is 0 Å². The van der Waals surface area contributed by atoms with Crippen LogP contribution in [-0.4, -0.2) is 40.8 Å². The average molecular weight is 599 g/mol. The molecule has 4 rings (SSSR count). The van der Waals surface area contributed by atoms with Gasteiger partial charge in [-0.3, -0.25) is 4.79 Å². The molecule has 7 heteroatoms. The fourth-order valence-corrected chi connectivity index (χ4v) is 6.01. The van der Waals surface area contributed by atoms with Crippen molar-refractivity contribution in [3.8, 4) is 0 Å². The molecule has 6 N–H and O–H groups in total. The zero-order chi connectivity index (χ0) is 32.6. The van der Waals surface area contributed by atoms with Crippen LogP contribution in [-0.2, 0) is 16.0 Å². The summed E-state index contributed by atoms with van der Waals surface area (Å²) in [5.41, 5.74) is 18.9. The first kappa shape index (κ1) is 34.3. The van der Waals surface area contributed by atoms with Gasteiger partial charge in [0.1, 0.15) is 0 Å². The molecule has 7 nitrogen and oxygen atoms in total. The van der Waals surface area contributed by atoms with E-state index in [1.165, 1.54) is 11.1 Å². The summed E-state index contributed by atoms with van der Waals surface area (Å²) in [5.74, 6) is -0.808. The number of hydrogen-bond acceptors (Lipinski definition) is 4. The maximum absolute atomic E-state index is 11.5. The second kappa shape index (κ2) is 15.5. The monoisotopic (exact) mass is 598 g/mol. The summed E-state index contributed by atoms with van der Waals surface area (Å²) < 4.78 is 5.36. The number of rotatable bonds is 9. The lowest BCUT2D eigenvalue weighted by molar-refractivity contribution is -0.136. The second-order valence-corrected chi connectivity index (χ2v) is 11.1. The number of carboxylic acids is 1. The molecule has 4 heterocycles. The van der Waals surface area contributed by atoms with Gasteiger partial charge in [-0.25, -0.2) is 0 Å². The van der Waals surface area contributed by atoms with E-state index in [0.717, 1.165) is 74.0 Å². The third kappa shape index (κ3) is 7.45. The molecule has 0 amide bonds. The Morgan fingerprint density at radius 2 is 1.77 bits per heavy atom. The van der Waals surface area contributed by atoms with Gasteiger partial charge in [0.2, 0.25) is 0 Å². The molecular weight excluding hydrogens is 548 g/mol. The van der Waals surface area contributed by atoms with Gasteiger partial charge in [0.05, 0.1) is 6.04 Å². The number of carboxylic acid groups (broad SMARTS) is 1. The highest BCUT2D eigenvalue weighted by atomic mass is 16.5. The molecule has 0 radical (unpaired) electrons. The lowest BCUT2D eigenvalue weighted by Gasteiger charge is -2.12. The van der Waals surface area contributed by atoms with Gasteiger partial charge in [0.15, 0.2) is 0 Å². The summed E-state index contributed by atoms with van der Waals surface area (Å²) in [6.45, 7) is 21.2. The molecule has 0 aromatic carbocycles. The standard InChI is InChI=1S/C35H44N4O3.C2H6/c1-8-24-20(3)12-14-29-22(5)27(13-15-35(40)41)34(37-29)19-33-26(11-10-16-42-7)23(6)31(39-33)18-32-25(9-2)21(4)30(38-32)17-28(24)36;1-2/h8-9,14,17-19,33,37-39H,1-2,10-13,15-16,36H2,3-7H3,(H,40,41);1-2H3/b24-20-,28-17-,29-14-,31-18-,34-19-;. The van der Waals surface area contributed by atoms with Crippen LogP contribution in [0.1, 0.15) is 87.0 Å². The van der Waals surface area contributed by atoms with E-state index in [4.69, 9.17) is 10.5 Å². The van der Waals surface area contributed by atoms with Gasteiger partial charge in [-0.15, -0.1) is 0 Å². The van der Waals surface area contributed by atoms with Crippen molar-refractivity contribution in [2.75, 3.05) is 13.7 Å². The number of nitrogens with two attached hydrogens (primary N) is 1. The Morgan fingerprint density at radius 3 is 2.41 bits per heavy atom. The fraction of sp³-hybridized carbons (Fsp3) is 0.378. The average Bonchev–Trinajstić information content (AvgIpc) is 3.57. The molecule has 1 atom stereocenters. The molecule has 6 bridgehead atoms. The third-order valence-corrected chi connectivity index (χ3v) is 8.49. The summed E-state index contributed by atoms with van der Waals surface area (Å²) in [6.07, 6.45) is 15.1. The molecule has 1 unspecified atom stereocenters. The van der Waals surface area contributed by atoms with Gasteiger partial charge >= 0.3 is 5.97 Å². The molecule has 236 valence electrons. The van der Waals surface area contributed by atoms with Crippen LogP contribution in [0.2, 0.25) is 0 Å². The van der Waals surface area contributed by atoms with E-state index in [9.17, 15) is 9.90 Å². The number of H-pyrrole nitrogens is 2. The Hall–Kier alpha value is -4.23. The van der Waals surface area contributed by atoms with Crippen molar-refractivity contribution in [2.24, 2.45) is 5.73 Å². The van der Waals surface area contributed by atoms with E-state index in [1.807, 2.05) is 26.0 Å². The number of hydrogen-bond donors (Lipinski definition) is 5. The predicted octanol–water partition coefficient (Wildman–Crippen LogP) is 6.17. The number of aromatic nitrogens is 2. The Labute approximate surface area is 262 Å². The molecule has 44 heavy (non-hydrogen) atoms. The molecule has 2 aliphatic heterocycles. The van der Waals surface area contributed by atoms with E-state index >= 15 is 0 Å². The van der Waals surface area contributed by atoms with E-state index < -0.39 is 5.97 Å². The molecule has 0 fully saturated rings. The summed E-state index contributed by atoms with van der Waals surface area (Å²) >= 11 is 0. The number of aromatic amines is 2. The summed E-state index contributed by atoms with van der Waals surface area (Å²) in [6, 6.07) is -0.0504. The van der Waals surface area contributed by atoms with Crippen molar-refractivity contribution in [1.29, 1.82) is 0 Å². The van der Waals surface area contributed by atoms with Gasteiger partial charge in [-0.1, -0.05) is 50.8 Å². The first-order valence-corrected chi connectivity index (χ1v) is 15.5. The molecule has 0 spiro atoms. The van der Waals surface area contributed by atoms with Crippen molar-refractivity contribution >= 4 is 36.3 Å². The Morgan fingerprint density at radius 1 is 1.05 bits per heavy atom. The number of carbonyl (C=O) groups is 1. The summed E-state index contributed by atoms with van der Waals surface area (Å²) in [4.78, 5) is 18.7. The van der Waals surface area contributed by atoms with Crippen molar-refractivity contribution < 1.29 is 14.6 Å². The number of aliphatic carboxylic acids is 1. The minimum Gasteiger partial charge on any atom is -0.481 e. The quantitative estimate of drug-likeness (QED) is 0.222. The first-order chi connectivity index (χ1) is 21.1. The van der Waals surface area contributed by atoms with Crippen molar-refractivity contribution in [1.82, 2.24) is 15.3 Å². The maximum atomic E-state index is 11.5. The predicted molar refractivity (Wildman–Crippen MR) is 185 cm³/mol. The van der Waals surface area contributed by atoms with E-state index in [0.29, 0.717) is 25.1 Å². The first-order valence-electron chi connectivity index (χ1n) is 15.5. The minimum atomic E-state index is -0.808. The number of methoxy groups -OCH3 is 1. The van der Waals surface area contributed by atoms with Crippen LogP contribution in [0, 0.1) is 13.8 Å². The zero-order valence-corrected chi connectivity index (χ0v) is 27.5. The van der Waals surface area contributed by atoms with Crippen LogP contribution in [0.4, 0.5) is 0 Å². The Balaban J connectivity index is 0.00000259. The molecular formula is C37H50N4O3. The highest BCUT2D eigenvalue weighted by Crippen LogP contribution is 2.32. The molecule has 0 saturated heterocycles. The zero-order valence-electron chi connectivity index (χ0n) is 27.5. The van der Waals surface area contributed by atoms with Gasteiger partial charge in [0, 0.05) is 59.2 Å². The molecule has 0 aliphatic carbocycles. The van der Waals surface area contributed by atoms with Crippen molar-refractivity contribution in [2.45, 2.75) is 79.7 Å². The number of nitrogens with one attached hydrogen (secondary N) is 3. The molecule has 2 aliphatic rings. The van der Waals surface area contributed by atoms with E-state index in [-0.39, 0.29) is 12.5 Å². The largest absolute Gasteiger partial charge is 0.481 e. The maximum Gasteiger partial charge on any atom is 0.303 e. The van der Waals surface area contributed by atoms with Crippen LogP contribution in [0.15, 0.2) is 52.9 Å². The highest BCUT2D eigenvalue weighted by Gasteiger charge is 2.26. The highest BCUT2D eigenvalue weighted by molar-refractivity contribution is 5.75. The van der Waals surface area contributed by atoms with Crippen molar-refractivity contribution in [3.05, 3.63) is 97.3 Å². The van der Waals surface area contributed by atoms with E-state index in [2.05, 4.69) is 74.4 Å². The number of allylic oxidation sites excluding steroid dienone is 3. The minimum absolute atomic E-state index is 0.0504. The van der Waals surface area contributed by atoms with Gasteiger partial charge in [0.25, 0.3) is 0 Å². The molecule has 0 saturated carbocycles. The van der Waals surface area contributed by atoms with Gasteiger partial charge < -0.3 is 30.9 Å². The number of fused-ring (bicyclic) bond motifs is 6. The summed E-state index contributed by atoms with van der Waals surface area (Å²) in [5, 5.41) is 15.2. The summed E-state index contributed by atoms with van der Waals surface area (Å²) in [7, 11) is 1.73. The van der Waals surface area contributed by atoms with Crippen LogP contribution < -0.4 is 21.7 Å². The topological polar surface area (TPSA) is 116 Å². The lowest BCUT2D eigenvalue weighted by atomic mass is 9.98. The molecule has 2 aromatic heterocycles. The third-order valence-electron chi connectivity index (χ3n) is 8.49. The van der Waals surface area contributed by atoms with Crippen LogP contribution in [0.3, 0.4) is 0 Å². The fourth-order valence-electron chi connectivity index (χ4n) is 6.01. The van der Waals surface area contributed by atoms with Gasteiger partial charge in [-0.2, -0.15) is 0 Å². The lowest BCUT2D eigenvalue weighted by Crippen LogP contribution is -2.26. The Bertz CT molecular complexity index is 1660. The van der Waals surface area contributed by atoms with Gasteiger partial charge in [-0.05, 0) is 105 Å². The van der Waals surface area contributed by atoms with E-state index in [1.54, 1.807) is 13.2 Å². The van der Waals surface area contributed by atoms with Crippen LogP contribution in [0.5, 0.6) is 0 Å². The Kier molecular flexibility index (Phi) is 12.1. The van der Waals surface area contributed by atoms with Crippen LogP contribution in [0.25, 0.3) is 30.4 Å².